The Morgan fingerprint density at radius 2 is 1.56 bits per heavy atom. The molecule has 1 atom stereocenters. The first-order valence-electron chi connectivity index (χ1n) is 10.9. The highest BCUT2D eigenvalue weighted by molar-refractivity contribution is 5.87. The maximum absolute atomic E-state index is 13.1. The van der Waals surface area contributed by atoms with Crippen LogP contribution in [0.5, 0.6) is 0 Å². The van der Waals surface area contributed by atoms with Crippen molar-refractivity contribution in [3.8, 4) is 11.1 Å². The number of aryl methyl sites for hydroxylation is 2. The van der Waals surface area contributed by atoms with Gasteiger partial charge in [-0.2, -0.15) is 18.3 Å². The molecule has 0 aliphatic rings. The molecule has 3 aromatic carbocycles. The van der Waals surface area contributed by atoms with Gasteiger partial charge in [-0.25, -0.2) is 0 Å². The van der Waals surface area contributed by atoms with Gasteiger partial charge in [-0.05, 0) is 78.3 Å². The topological polar surface area (TPSA) is 17.8 Å². The van der Waals surface area contributed by atoms with Crippen molar-refractivity contribution in [1.29, 1.82) is 0 Å². The lowest BCUT2D eigenvalue weighted by Gasteiger charge is -2.20. The van der Waals surface area contributed by atoms with E-state index >= 15 is 0 Å². The molecular weight excluding hydrogens is 409 g/mol. The van der Waals surface area contributed by atoms with Gasteiger partial charge in [0.05, 0.1) is 17.1 Å². The minimum absolute atomic E-state index is 0.125. The summed E-state index contributed by atoms with van der Waals surface area (Å²) in [6.45, 7) is 8.11. The molecule has 0 amide bonds. The van der Waals surface area contributed by atoms with Crippen LogP contribution in [0.4, 0.5) is 13.2 Å². The predicted octanol–water partition coefficient (Wildman–Crippen LogP) is 7.97. The largest absolute Gasteiger partial charge is 0.416 e. The molecule has 1 unspecified atom stereocenters. The average molecular weight is 437 g/mol. The Kier molecular flexibility index (Phi) is 5.85. The first-order chi connectivity index (χ1) is 15.1. The van der Waals surface area contributed by atoms with Gasteiger partial charge in [0, 0.05) is 11.6 Å². The van der Waals surface area contributed by atoms with Gasteiger partial charge in [-0.3, -0.25) is 4.68 Å². The highest BCUT2D eigenvalue weighted by atomic mass is 19.4. The molecule has 0 N–H and O–H groups in total. The van der Waals surface area contributed by atoms with E-state index in [9.17, 15) is 13.2 Å². The molecule has 2 nitrogen and oxygen atoms in total. The maximum atomic E-state index is 13.1. The van der Waals surface area contributed by atoms with E-state index in [0.717, 1.165) is 40.1 Å². The molecule has 0 bridgehead atoms. The van der Waals surface area contributed by atoms with Crippen molar-refractivity contribution in [2.24, 2.45) is 5.92 Å². The van der Waals surface area contributed by atoms with E-state index in [1.54, 1.807) is 13.0 Å². The Labute approximate surface area is 186 Å². The summed E-state index contributed by atoms with van der Waals surface area (Å²) in [7, 11) is 0. The quantitative estimate of drug-likeness (QED) is 0.310. The zero-order valence-corrected chi connectivity index (χ0v) is 18.7. The van der Waals surface area contributed by atoms with E-state index in [1.165, 1.54) is 11.6 Å². The molecule has 32 heavy (non-hydrogen) atoms. The Morgan fingerprint density at radius 3 is 2.19 bits per heavy atom. The molecular formula is C27H27F3N2. The summed E-state index contributed by atoms with van der Waals surface area (Å²) in [6.07, 6.45) is -1.33. The molecule has 0 aliphatic heterocycles. The number of halogens is 3. The monoisotopic (exact) mass is 436 g/mol. The Bertz CT molecular complexity index is 1240. The average Bonchev–Trinajstić information content (AvgIpc) is 3.14. The van der Waals surface area contributed by atoms with Gasteiger partial charge >= 0.3 is 6.18 Å². The van der Waals surface area contributed by atoms with Crippen LogP contribution >= 0.6 is 0 Å². The van der Waals surface area contributed by atoms with Crippen LogP contribution in [0.3, 0.4) is 0 Å². The number of aromatic nitrogens is 2. The summed E-state index contributed by atoms with van der Waals surface area (Å²) in [6, 6.07) is 18.5. The zero-order valence-electron chi connectivity index (χ0n) is 18.7. The second-order valence-electron chi connectivity index (χ2n) is 8.92. The normalized spacial score (nSPS) is 13.1. The van der Waals surface area contributed by atoms with Crippen molar-refractivity contribution in [3.05, 3.63) is 89.1 Å². The van der Waals surface area contributed by atoms with Gasteiger partial charge in [0.15, 0.2) is 0 Å². The molecule has 0 spiro atoms. The number of hydrogen-bond donors (Lipinski definition) is 0. The lowest BCUT2D eigenvalue weighted by Crippen LogP contribution is -2.13. The van der Waals surface area contributed by atoms with Crippen LogP contribution in [0.2, 0.25) is 0 Å². The Morgan fingerprint density at radius 1 is 0.875 bits per heavy atom. The van der Waals surface area contributed by atoms with Crippen molar-refractivity contribution >= 4 is 10.9 Å². The first kappa shape index (κ1) is 22.1. The minimum Gasteiger partial charge on any atom is -0.264 e. The van der Waals surface area contributed by atoms with Crippen molar-refractivity contribution in [2.75, 3.05) is 0 Å². The smallest absolute Gasteiger partial charge is 0.264 e. The Balaban J connectivity index is 1.78. The van der Waals surface area contributed by atoms with Gasteiger partial charge < -0.3 is 0 Å². The van der Waals surface area contributed by atoms with E-state index in [2.05, 4.69) is 32.2 Å². The van der Waals surface area contributed by atoms with Crippen LogP contribution in [0.1, 0.15) is 48.6 Å². The molecule has 4 rings (SSSR count). The first-order valence-corrected chi connectivity index (χ1v) is 10.9. The second kappa shape index (κ2) is 8.45. The highest BCUT2D eigenvalue weighted by Crippen LogP contribution is 2.36. The fraction of sp³-hybridized carbons (Fsp3) is 0.296. The van der Waals surface area contributed by atoms with Crippen LogP contribution in [-0.4, -0.2) is 9.78 Å². The number of nitrogens with zero attached hydrogens (tertiary/aromatic N) is 2. The van der Waals surface area contributed by atoms with Gasteiger partial charge in [-0.15, -0.1) is 0 Å². The van der Waals surface area contributed by atoms with Crippen LogP contribution in [0, 0.1) is 19.8 Å². The summed E-state index contributed by atoms with van der Waals surface area (Å²) >= 11 is 0. The lowest BCUT2D eigenvalue weighted by molar-refractivity contribution is -0.137. The van der Waals surface area contributed by atoms with Crippen molar-refractivity contribution in [1.82, 2.24) is 9.78 Å². The second-order valence-corrected chi connectivity index (χ2v) is 8.92. The van der Waals surface area contributed by atoms with Crippen molar-refractivity contribution in [3.63, 3.8) is 0 Å². The minimum atomic E-state index is -4.34. The molecule has 0 radical (unpaired) electrons. The third-order valence-electron chi connectivity index (χ3n) is 5.91. The Hall–Kier alpha value is -3.08. The number of hydrogen-bond acceptors (Lipinski definition) is 1. The third-order valence-corrected chi connectivity index (χ3v) is 5.91. The van der Waals surface area contributed by atoms with E-state index in [4.69, 9.17) is 5.10 Å². The molecule has 0 saturated heterocycles. The van der Waals surface area contributed by atoms with Gasteiger partial charge in [-0.1, -0.05) is 50.2 Å². The predicted molar refractivity (Wildman–Crippen MR) is 124 cm³/mol. The van der Waals surface area contributed by atoms with E-state index in [-0.39, 0.29) is 6.04 Å². The third kappa shape index (κ3) is 4.43. The summed E-state index contributed by atoms with van der Waals surface area (Å²) < 4.78 is 41.3. The van der Waals surface area contributed by atoms with Crippen LogP contribution < -0.4 is 0 Å². The standard InChI is InChI=1S/C27H27F3N2/c1-17(2)12-26(20-8-6-5-7-9-20)32-16-21-15-24(19(4)14-25(21)31-32)23-11-10-22(13-18(23)3)27(28,29)30/h5-11,13-17,26H,12H2,1-4H3. The molecule has 1 aromatic heterocycles. The van der Waals surface area contributed by atoms with Gasteiger partial charge in [0.1, 0.15) is 0 Å². The highest BCUT2D eigenvalue weighted by Gasteiger charge is 2.30. The van der Waals surface area contributed by atoms with Crippen molar-refractivity contribution < 1.29 is 13.2 Å². The fourth-order valence-electron chi connectivity index (χ4n) is 4.31. The molecule has 0 fully saturated rings. The molecule has 5 heteroatoms. The molecule has 1 heterocycles. The molecule has 0 aliphatic carbocycles. The number of rotatable bonds is 5. The van der Waals surface area contributed by atoms with Crippen LogP contribution in [-0.2, 0) is 6.18 Å². The van der Waals surface area contributed by atoms with Crippen molar-refractivity contribution in [2.45, 2.75) is 46.3 Å². The number of alkyl halides is 3. The van der Waals surface area contributed by atoms with E-state index < -0.39 is 11.7 Å². The summed E-state index contributed by atoms with van der Waals surface area (Å²) in [5.74, 6) is 0.500. The molecule has 166 valence electrons. The lowest BCUT2D eigenvalue weighted by atomic mass is 9.94. The SMILES string of the molecule is Cc1cc(C(F)(F)F)ccc1-c1cc2cn(C(CC(C)C)c3ccccc3)nc2cc1C. The summed E-state index contributed by atoms with van der Waals surface area (Å²) in [5, 5.41) is 5.86. The number of fused-ring (bicyclic) bond motifs is 1. The molecule has 0 saturated carbocycles. The van der Waals surface area contributed by atoms with E-state index in [1.807, 2.05) is 41.9 Å². The fourth-order valence-corrected chi connectivity index (χ4v) is 4.31. The van der Waals surface area contributed by atoms with Crippen LogP contribution in [0.15, 0.2) is 66.9 Å². The molecule has 4 aromatic rings. The van der Waals surface area contributed by atoms with E-state index in [0.29, 0.717) is 11.5 Å². The van der Waals surface area contributed by atoms with Gasteiger partial charge in [0.25, 0.3) is 0 Å². The summed E-state index contributed by atoms with van der Waals surface area (Å²) in [5.41, 5.74) is 4.83. The zero-order chi connectivity index (χ0) is 23.0. The van der Waals surface area contributed by atoms with Gasteiger partial charge in [0.2, 0.25) is 0 Å². The van der Waals surface area contributed by atoms with Crippen LogP contribution in [0.25, 0.3) is 22.0 Å². The summed E-state index contributed by atoms with van der Waals surface area (Å²) in [4.78, 5) is 0. The maximum Gasteiger partial charge on any atom is 0.416 e. The number of benzene rings is 3.